The molecule has 3 rings (SSSR count). The molecule has 1 aromatic heterocycles. The van der Waals surface area contributed by atoms with Crippen molar-refractivity contribution in [1.29, 1.82) is 0 Å². The maximum absolute atomic E-state index is 12.3. The average Bonchev–Trinajstić information content (AvgIpc) is 2.55. The standard InChI is InChI=1S/C18H14N2O3/c1-11(21)12-6-4-7-14(9-12)19-18(23)16-10-13-5-2-3-8-15(13)17(22)20-16/h2-10H,1H3,(H,19,23)(H,20,22). The van der Waals surface area contributed by atoms with Crippen LogP contribution < -0.4 is 10.9 Å². The van der Waals surface area contributed by atoms with Gasteiger partial charge in [0.1, 0.15) is 5.69 Å². The zero-order valence-electron chi connectivity index (χ0n) is 12.4. The largest absolute Gasteiger partial charge is 0.321 e. The van der Waals surface area contributed by atoms with Crippen LogP contribution in [-0.2, 0) is 0 Å². The number of carbonyl (C=O) groups excluding carboxylic acids is 2. The fourth-order valence-corrected chi connectivity index (χ4v) is 2.35. The van der Waals surface area contributed by atoms with Crippen molar-refractivity contribution in [2.45, 2.75) is 6.92 Å². The molecule has 0 saturated carbocycles. The fraction of sp³-hybridized carbons (Fsp3) is 0.0556. The zero-order chi connectivity index (χ0) is 16.4. The van der Waals surface area contributed by atoms with E-state index in [0.29, 0.717) is 22.0 Å². The molecule has 114 valence electrons. The molecular formula is C18H14N2O3. The molecule has 23 heavy (non-hydrogen) atoms. The number of amides is 1. The summed E-state index contributed by atoms with van der Waals surface area (Å²) in [4.78, 5) is 38.3. The van der Waals surface area contributed by atoms with Crippen LogP contribution in [-0.4, -0.2) is 16.7 Å². The molecule has 5 heteroatoms. The van der Waals surface area contributed by atoms with Gasteiger partial charge >= 0.3 is 0 Å². The molecule has 0 radical (unpaired) electrons. The Bertz CT molecular complexity index is 973. The van der Waals surface area contributed by atoms with Gasteiger partial charge in [0, 0.05) is 16.6 Å². The summed E-state index contributed by atoms with van der Waals surface area (Å²) >= 11 is 0. The smallest absolute Gasteiger partial charge is 0.272 e. The molecule has 0 aliphatic heterocycles. The summed E-state index contributed by atoms with van der Waals surface area (Å²) in [7, 11) is 0. The summed E-state index contributed by atoms with van der Waals surface area (Å²) in [6, 6.07) is 15.3. The number of aromatic nitrogens is 1. The number of hydrogen-bond donors (Lipinski definition) is 2. The Kier molecular flexibility index (Phi) is 3.76. The molecule has 0 bridgehead atoms. The number of pyridine rings is 1. The predicted octanol–water partition coefficient (Wildman–Crippen LogP) is 2.98. The van der Waals surface area contributed by atoms with Gasteiger partial charge in [-0.05, 0) is 36.6 Å². The lowest BCUT2D eigenvalue weighted by molar-refractivity contribution is 0.100. The number of anilines is 1. The third-order valence-electron chi connectivity index (χ3n) is 3.53. The van der Waals surface area contributed by atoms with E-state index < -0.39 is 5.91 Å². The Balaban J connectivity index is 1.93. The molecule has 2 aromatic carbocycles. The summed E-state index contributed by atoms with van der Waals surface area (Å²) in [6.07, 6.45) is 0. The minimum absolute atomic E-state index is 0.0831. The number of hydrogen-bond acceptors (Lipinski definition) is 3. The first kappa shape index (κ1) is 14.7. The monoisotopic (exact) mass is 306 g/mol. The Hall–Kier alpha value is -3.21. The van der Waals surface area contributed by atoms with E-state index in [0.717, 1.165) is 0 Å². The highest BCUT2D eigenvalue weighted by atomic mass is 16.2. The topological polar surface area (TPSA) is 79.0 Å². The maximum Gasteiger partial charge on any atom is 0.272 e. The third-order valence-corrected chi connectivity index (χ3v) is 3.53. The lowest BCUT2D eigenvalue weighted by Crippen LogP contribution is -2.19. The number of fused-ring (bicyclic) bond motifs is 1. The van der Waals surface area contributed by atoms with E-state index in [1.54, 1.807) is 54.6 Å². The van der Waals surface area contributed by atoms with Gasteiger partial charge in [-0.15, -0.1) is 0 Å². The zero-order valence-corrected chi connectivity index (χ0v) is 12.4. The van der Waals surface area contributed by atoms with E-state index in [1.807, 2.05) is 0 Å². The van der Waals surface area contributed by atoms with E-state index in [-0.39, 0.29) is 17.0 Å². The Labute approximate surface area is 132 Å². The van der Waals surface area contributed by atoms with Gasteiger partial charge in [0.05, 0.1) is 0 Å². The van der Waals surface area contributed by atoms with E-state index >= 15 is 0 Å². The van der Waals surface area contributed by atoms with Gasteiger partial charge < -0.3 is 10.3 Å². The quantitative estimate of drug-likeness (QED) is 0.730. The van der Waals surface area contributed by atoms with Crippen LogP contribution in [0.4, 0.5) is 5.69 Å². The van der Waals surface area contributed by atoms with Crippen molar-refractivity contribution in [3.63, 3.8) is 0 Å². The molecule has 0 unspecified atom stereocenters. The predicted molar refractivity (Wildman–Crippen MR) is 89.0 cm³/mol. The number of H-pyrrole nitrogens is 1. The summed E-state index contributed by atoms with van der Waals surface area (Å²) < 4.78 is 0. The number of carbonyl (C=O) groups is 2. The molecular weight excluding hydrogens is 292 g/mol. The first-order valence-electron chi connectivity index (χ1n) is 7.09. The second kappa shape index (κ2) is 5.88. The molecule has 1 heterocycles. The number of aromatic amines is 1. The van der Waals surface area contributed by atoms with Crippen LogP contribution in [0.1, 0.15) is 27.8 Å². The Morgan fingerprint density at radius 3 is 2.57 bits per heavy atom. The summed E-state index contributed by atoms with van der Waals surface area (Å²) in [5, 5.41) is 3.91. The number of nitrogens with one attached hydrogen (secondary N) is 2. The van der Waals surface area contributed by atoms with Crippen molar-refractivity contribution in [2.75, 3.05) is 5.32 Å². The normalized spacial score (nSPS) is 10.5. The fourth-order valence-electron chi connectivity index (χ4n) is 2.35. The molecule has 0 fully saturated rings. The second-order valence-electron chi connectivity index (χ2n) is 5.19. The Morgan fingerprint density at radius 2 is 1.78 bits per heavy atom. The van der Waals surface area contributed by atoms with E-state index in [2.05, 4.69) is 10.3 Å². The molecule has 0 aliphatic rings. The van der Waals surface area contributed by atoms with Crippen molar-refractivity contribution in [2.24, 2.45) is 0 Å². The summed E-state index contributed by atoms with van der Waals surface area (Å²) in [6.45, 7) is 1.46. The molecule has 0 saturated heterocycles. The van der Waals surface area contributed by atoms with Crippen LogP contribution in [0.3, 0.4) is 0 Å². The molecule has 0 atom stereocenters. The van der Waals surface area contributed by atoms with Gasteiger partial charge in [0.15, 0.2) is 5.78 Å². The minimum atomic E-state index is -0.437. The van der Waals surface area contributed by atoms with Crippen LogP contribution in [0.2, 0.25) is 0 Å². The van der Waals surface area contributed by atoms with Crippen molar-refractivity contribution in [3.05, 3.63) is 76.2 Å². The lowest BCUT2D eigenvalue weighted by Gasteiger charge is -2.07. The van der Waals surface area contributed by atoms with Gasteiger partial charge in [0.25, 0.3) is 11.5 Å². The van der Waals surface area contributed by atoms with E-state index in [9.17, 15) is 14.4 Å². The van der Waals surface area contributed by atoms with Crippen molar-refractivity contribution in [3.8, 4) is 0 Å². The number of rotatable bonds is 3. The lowest BCUT2D eigenvalue weighted by atomic mass is 10.1. The molecule has 3 aromatic rings. The number of ketones is 1. The molecule has 5 nitrogen and oxygen atoms in total. The molecule has 0 aliphatic carbocycles. The van der Waals surface area contributed by atoms with Gasteiger partial charge in [0.2, 0.25) is 0 Å². The first-order chi connectivity index (χ1) is 11.0. The molecule has 2 N–H and O–H groups in total. The van der Waals surface area contributed by atoms with Crippen LogP contribution in [0.25, 0.3) is 10.8 Å². The van der Waals surface area contributed by atoms with Gasteiger partial charge in [-0.3, -0.25) is 14.4 Å². The second-order valence-corrected chi connectivity index (χ2v) is 5.19. The molecule has 1 amide bonds. The van der Waals surface area contributed by atoms with Crippen molar-refractivity contribution < 1.29 is 9.59 Å². The van der Waals surface area contributed by atoms with Crippen LogP contribution in [0.5, 0.6) is 0 Å². The highest BCUT2D eigenvalue weighted by Crippen LogP contribution is 2.14. The van der Waals surface area contributed by atoms with Crippen LogP contribution in [0.15, 0.2) is 59.4 Å². The minimum Gasteiger partial charge on any atom is -0.321 e. The number of Topliss-reactive ketones (excluding diaryl/α,β-unsaturated/α-hetero) is 1. The summed E-state index contributed by atoms with van der Waals surface area (Å²) in [5.74, 6) is -0.520. The third kappa shape index (κ3) is 3.03. The van der Waals surface area contributed by atoms with Gasteiger partial charge in [-0.2, -0.15) is 0 Å². The molecule has 0 spiro atoms. The summed E-state index contributed by atoms with van der Waals surface area (Å²) in [5.41, 5.74) is 0.860. The van der Waals surface area contributed by atoms with Crippen molar-refractivity contribution >= 4 is 28.2 Å². The highest BCUT2D eigenvalue weighted by molar-refractivity contribution is 6.05. The first-order valence-corrected chi connectivity index (χ1v) is 7.09. The van der Waals surface area contributed by atoms with Gasteiger partial charge in [-0.1, -0.05) is 30.3 Å². The van der Waals surface area contributed by atoms with Gasteiger partial charge in [-0.25, -0.2) is 0 Å². The average molecular weight is 306 g/mol. The Morgan fingerprint density at radius 1 is 1.00 bits per heavy atom. The SMILES string of the molecule is CC(=O)c1cccc(NC(=O)c2cc3ccccc3c(=O)[nH]2)c1. The number of benzene rings is 2. The van der Waals surface area contributed by atoms with E-state index in [1.165, 1.54) is 6.92 Å². The maximum atomic E-state index is 12.3. The van der Waals surface area contributed by atoms with Crippen LogP contribution >= 0.6 is 0 Å². The van der Waals surface area contributed by atoms with Crippen LogP contribution in [0, 0.1) is 0 Å². The highest BCUT2D eigenvalue weighted by Gasteiger charge is 2.10. The van der Waals surface area contributed by atoms with E-state index in [4.69, 9.17) is 0 Å². The van der Waals surface area contributed by atoms with Crippen molar-refractivity contribution in [1.82, 2.24) is 4.98 Å².